The Morgan fingerprint density at radius 3 is 2.58 bits per heavy atom. The van der Waals surface area contributed by atoms with Crippen LogP contribution in [0.25, 0.3) is 22.1 Å². The summed E-state index contributed by atoms with van der Waals surface area (Å²) in [6.45, 7) is 2.09. The third-order valence-electron chi connectivity index (χ3n) is 4.93. The molecule has 0 saturated heterocycles. The van der Waals surface area contributed by atoms with E-state index in [1.54, 1.807) is 49.4 Å². The lowest BCUT2D eigenvalue weighted by molar-refractivity contribution is -0.143. The number of hydrogen-bond acceptors (Lipinski definition) is 5. The van der Waals surface area contributed by atoms with Crippen LogP contribution in [-0.2, 0) is 28.7 Å². The van der Waals surface area contributed by atoms with Gasteiger partial charge in [-0.2, -0.15) is 13.2 Å². The molecule has 2 aromatic carbocycles. The number of ether oxygens (including phenoxy) is 2. The predicted octanol–water partition coefficient (Wildman–Crippen LogP) is 7.25. The van der Waals surface area contributed by atoms with Gasteiger partial charge in [0.1, 0.15) is 28.6 Å². The lowest BCUT2D eigenvalue weighted by Crippen LogP contribution is -2.04. The molecule has 2 aromatic heterocycles. The number of aryl methyl sites for hydroxylation is 1. The molecule has 0 atom stereocenters. The Morgan fingerprint density at radius 2 is 1.85 bits per heavy atom. The second-order valence-electron chi connectivity index (χ2n) is 7.33. The summed E-state index contributed by atoms with van der Waals surface area (Å²) in [5, 5.41) is 0.850. The number of carbonyl (C=O) groups is 1. The molecule has 0 bridgehead atoms. The number of thiophene rings is 1. The molecule has 8 heteroatoms. The van der Waals surface area contributed by atoms with Gasteiger partial charge in [0.05, 0.1) is 13.0 Å². The Hall–Kier alpha value is -3.26. The molecule has 0 amide bonds. The fourth-order valence-electron chi connectivity index (χ4n) is 3.45. The lowest BCUT2D eigenvalue weighted by atomic mass is 10.1. The van der Waals surface area contributed by atoms with Crippen LogP contribution in [0.1, 0.15) is 28.9 Å². The smallest absolute Gasteiger partial charge is 0.426 e. The summed E-state index contributed by atoms with van der Waals surface area (Å²) < 4.78 is 57.2. The average molecular weight is 475 g/mol. The molecule has 4 nitrogen and oxygen atoms in total. The van der Waals surface area contributed by atoms with E-state index in [9.17, 15) is 18.0 Å². The molecule has 0 aliphatic rings. The van der Waals surface area contributed by atoms with Crippen molar-refractivity contribution >= 4 is 28.3 Å². The monoisotopic (exact) mass is 474 g/mol. The summed E-state index contributed by atoms with van der Waals surface area (Å²) in [5.74, 6) is 0.846. The second kappa shape index (κ2) is 9.70. The van der Waals surface area contributed by atoms with Gasteiger partial charge in [-0.1, -0.05) is 30.3 Å². The van der Waals surface area contributed by atoms with Gasteiger partial charge in [-0.05, 0) is 36.8 Å². The minimum atomic E-state index is -4.44. The summed E-state index contributed by atoms with van der Waals surface area (Å²) in [7, 11) is 0. The van der Waals surface area contributed by atoms with E-state index >= 15 is 0 Å². The maximum absolute atomic E-state index is 13.6. The number of carbonyl (C=O) groups excluding carboxylic acids is 1. The summed E-state index contributed by atoms with van der Waals surface area (Å²) in [6.07, 6.45) is -3.80. The van der Waals surface area contributed by atoms with Crippen molar-refractivity contribution in [2.24, 2.45) is 0 Å². The highest BCUT2D eigenvalue weighted by Crippen LogP contribution is 2.43. The Balaban J connectivity index is 1.48. The highest BCUT2D eigenvalue weighted by atomic mass is 32.1. The largest absolute Gasteiger partial charge is 0.488 e. The lowest BCUT2D eigenvalue weighted by Gasteiger charge is -2.07. The number of halogens is 3. The molecule has 0 radical (unpaired) electrons. The first kappa shape index (κ1) is 22.9. The van der Waals surface area contributed by atoms with E-state index < -0.39 is 11.1 Å². The Morgan fingerprint density at radius 1 is 1.06 bits per heavy atom. The zero-order valence-corrected chi connectivity index (χ0v) is 18.6. The molecule has 0 spiro atoms. The SMILES string of the molecule is CCOC(=O)CCc1cc2ccc(OCc3cc(-c4ccccc4)c(C(F)(F)F)s3)cc2o1. The van der Waals surface area contributed by atoms with Crippen LogP contribution in [0.15, 0.2) is 65.1 Å². The molecule has 0 aliphatic heterocycles. The van der Waals surface area contributed by atoms with Crippen molar-refractivity contribution in [1.82, 2.24) is 0 Å². The standard InChI is InChI=1S/C25H21F3O4S/c1-2-30-23(29)11-10-19-12-17-8-9-18(13-22(17)32-19)31-15-20-14-21(16-6-4-3-5-7-16)24(33-20)25(26,27)28/h3-9,12-14H,2,10-11,15H2,1H3. The first-order valence-electron chi connectivity index (χ1n) is 10.4. The topological polar surface area (TPSA) is 48.7 Å². The van der Waals surface area contributed by atoms with Crippen molar-refractivity contribution in [2.75, 3.05) is 6.61 Å². The Labute approximate surface area is 192 Å². The van der Waals surface area contributed by atoms with E-state index in [0.717, 1.165) is 5.39 Å². The molecule has 0 aliphatic carbocycles. The fraction of sp³-hybridized carbons (Fsp3) is 0.240. The Kier molecular flexibility index (Phi) is 6.74. The van der Waals surface area contributed by atoms with Gasteiger partial charge >= 0.3 is 12.1 Å². The molecule has 172 valence electrons. The number of alkyl halides is 3. The van der Waals surface area contributed by atoms with E-state index in [2.05, 4.69) is 0 Å². The minimum Gasteiger partial charge on any atom is -0.488 e. The first-order chi connectivity index (χ1) is 15.8. The molecule has 4 aromatic rings. The van der Waals surface area contributed by atoms with Crippen molar-refractivity contribution < 1.29 is 31.9 Å². The number of hydrogen-bond donors (Lipinski definition) is 0. The van der Waals surface area contributed by atoms with Crippen LogP contribution < -0.4 is 4.74 Å². The normalized spacial score (nSPS) is 11.6. The van der Waals surface area contributed by atoms with Crippen molar-refractivity contribution in [1.29, 1.82) is 0 Å². The maximum atomic E-state index is 13.6. The molecular formula is C25H21F3O4S. The van der Waals surface area contributed by atoms with Crippen LogP contribution in [0, 0.1) is 0 Å². The summed E-state index contributed by atoms with van der Waals surface area (Å²) in [6, 6.07) is 17.1. The van der Waals surface area contributed by atoms with E-state index in [1.807, 2.05) is 12.1 Å². The summed E-state index contributed by atoms with van der Waals surface area (Å²) in [5.41, 5.74) is 1.25. The number of rotatable bonds is 8. The van der Waals surface area contributed by atoms with Gasteiger partial charge in [-0.3, -0.25) is 4.79 Å². The highest BCUT2D eigenvalue weighted by Gasteiger charge is 2.36. The van der Waals surface area contributed by atoms with Crippen LogP contribution in [0.4, 0.5) is 13.2 Å². The molecular weight excluding hydrogens is 453 g/mol. The van der Waals surface area contributed by atoms with E-state index in [1.165, 1.54) is 6.07 Å². The molecule has 0 fully saturated rings. The summed E-state index contributed by atoms with van der Waals surface area (Å²) in [4.78, 5) is 11.4. The van der Waals surface area contributed by atoms with Crippen LogP contribution in [0.5, 0.6) is 5.75 Å². The van der Waals surface area contributed by atoms with Gasteiger partial charge in [-0.15, -0.1) is 11.3 Å². The van der Waals surface area contributed by atoms with Gasteiger partial charge < -0.3 is 13.9 Å². The third-order valence-corrected chi connectivity index (χ3v) is 6.08. The predicted molar refractivity (Wildman–Crippen MR) is 120 cm³/mol. The quantitative estimate of drug-likeness (QED) is 0.252. The van der Waals surface area contributed by atoms with Crippen molar-refractivity contribution in [3.05, 3.63) is 76.2 Å². The van der Waals surface area contributed by atoms with Crippen molar-refractivity contribution in [3.8, 4) is 16.9 Å². The Bertz CT molecular complexity index is 1240. The fourth-order valence-corrected chi connectivity index (χ4v) is 4.41. The molecule has 4 rings (SSSR count). The van der Waals surface area contributed by atoms with Crippen LogP contribution >= 0.6 is 11.3 Å². The van der Waals surface area contributed by atoms with Gasteiger partial charge in [0.25, 0.3) is 0 Å². The zero-order chi connectivity index (χ0) is 23.4. The molecule has 0 saturated carbocycles. The third kappa shape index (κ3) is 5.57. The van der Waals surface area contributed by atoms with E-state index in [4.69, 9.17) is 13.9 Å². The van der Waals surface area contributed by atoms with Crippen LogP contribution in [0.2, 0.25) is 0 Å². The molecule has 2 heterocycles. The number of esters is 1. The van der Waals surface area contributed by atoms with E-state index in [0.29, 0.717) is 51.9 Å². The molecule has 0 unspecified atom stereocenters. The van der Waals surface area contributed by atoms with Crippen LogP contribution in [0.3, 0.4) is 0 Å². The van der Waals surface area contributed by atoms with Gasteiger partial charge in [0.2, 0.25) is 0 Å². The van der Waals surface area contributed by atoms with Crippen molar-refractivity contribution in [3.63, 3.8) is 0 Å². The van der Waals surface area contributed by atoms with Gasteiger partial charge in [-0.25, -0.2) is 0 Å². The molecule has 0 N–H and O–H groups in total. The van der Waals surface area contributed by atoms with E-state index in [-0.39, 0.29) is 24.6 Å². The first-order valence-corrected chi connectivity index (χ1v) is 11.2. The molecule has 33 heavy (non-hydrogen) atoms. The maximum Gasteiger partial charge on any atom is 0.426 e. The number of benzene rings is 2. The number of fused-ring (bicyclic) bond motifs is 1. The van der Waals surface area contributed by atoms with Gasteiger partial charge in [0, 0.05) is 28.3 Å². The minimum absolute atomic E-state index is 0.00249. The van der Waals surface area contributed by atoms with Crippen molar-refractivity contribution in [2.45, 2.75) is 32.5 Å². The number of furan rings is 1. The highest BCUT2D eigenvalue weighted by molar-refractivity contribution is 7.12. The summed E-state index contributed by atoms with van der Waals surface area (Å²) >= 11 is 0.684. The van der Waals surface area contributed by atoms with Crippen LogP contribution in [-0.4, -0.2) is 12.6 Å². The average Bonchev–Trinajstić information content (AvgIpc) is 3.41. The zero-order valence-electron chi connectivity index (χ0n) is 17.8. The second-order valence-corrected chi connectivity index (χ2v) is 8.46. The van der Waals surface area contributed by atoms with Gasteiger partial charge in [0.15, 0.2) is 0 Å².